The van der Waals surface area contributed by atoms with Gasteiger partial charge in [-0.15, -0.1) is 0 Å². The molecule has 1 atom stereocenters. The molecule has 1 N–H and O–H groups in total. The number of methoxy groups -OCH3 is 1. The van der Waals surface area contributed by atoms with Gasteiger partial charge in [0.25, 0.3) is 0 Å². The zero-order chi connectivity index (χ0) is 12.5. The lowest BCUT2D eigenvalue weighted by molar-refractivity contribution is -0.144. The number of nitrogens with zero attached hydrogens (tertiary/aromatic N) is 1. The molecule has 96 valence electrons. The van der Waals surface area contributed by atoms with Crippen LogP contribution < -0.4 is 5.32 Å². The molecule has 1 unspecified atom stereocenters. The van der Waals surface area contributed by atoms with E-state index >= 15 is 0 Å². The van der Waals surface area contributed by atoms with Crippen LogP contribution in [0.15, 0.2) is 0 Å². The van der Waals surface area contributed by atoms with E-state index in [-0.39, 0.29) is 29.8 Å². The molecule has 0 aromatic heterocycles. The molecule has 17 heavy (non-hydrogen) atoms. The van der Waals surface area contributed by atoms with Crippen molar-refractivity contribution in [3.8, 4) is 0 Å². The minimum atomic E-state index is -0.380. The fourth-order valence-corrected chi connectivity index (χ4v) is 2.40. The zero-order valence-electron chi connectivity index (χ0n) is 10.5. The van der Waals surface area contributed by atoms with Crippen LogP contribution in [0.25, 0.3) is 0 Å². The van der Waals surface area contributed by atoms with Gasteiger partial charge in [-0.3, -0.25) is 9.59 Å². The Morgan fingerprint density at radius 2 is 2.18 bits per heavy atom. The molecule has 2 rings (SSSR count). The fraction of sp³-hybridized carbons (Fsp3) is 0.833. The summed E-state index contributed by atoms with van der Waals surface area (Å²) in [5, 5.41) is 2.65. The second kappa shape index (κ2) is 4.64. The number of amides is 2. The second-order valence-corrected chi connectivity index (χ2v) is 5.23. The largest absolute Gasteiger partial charge is 0.385 e. The lowest BCUT2D eigenvalue weighted by Gasteiger charge is -2.33. The van der Waals surface area contributed by atoms with Crippen LogP contribution in [-0.4, -0.2) is 49.6 Å². The molecule has 1 saturated heterocycles. The first-order valence-electron chi connectivity index (χ1n) is 6.13. The van der Waals surface area contributed by atoms with E-state index in [4.69, 9.17) is 4.74 Å². The van der Waals surface area contributed by atoms with Crippen molar-refractivity contribution in [1.29, 1.82) is 0 Å². The van der Waals surface area contributed by atoms with Crippen molar-refractivity contribution in [1.82, 2.24) is 10.2 Å². The van der Waals surface area contributed by atoms with Crippen molar-refractivity contribution in [3.05, 3.63) is 0 Å². The van der Waals surface area contributed by atoms with Crippen LogP contribution in [0.1, 0.15) is 26.2 Å². The van der Waals surface area contributed by atoms with Crippen LogP contribution in [0.4, 0.5) is 0 Å². The van der Waals surface area contributed by atoms with E-state index in [1.165, 1.54) is 0 Å². The molecule has 1 aliphatic heterocycles. The molecular weight excluding hydrogens is 220 g/mol. The van der Waals surface area contributed by atoms with Gasteiger partial charge in [0.2, 0.25) is 11.8 Å². The molecule has 0 radical (unpaired) electrons. The number of hydrogen-bond acceptors (Lipinski definition) is 3. The Bertz CT molecular complexity index is 326. The van der Waals surface area contributed by atoms with Gasteiger partial charge in [-0.1, -0.05) is 0 Å². The van der Waals surface area contributed by atoms with Crippen LogP contribution in [-0.2, 0) is 14.3 Å². The maximum atomic E-state index is 11.9. The van der Waals surface area contributed by atoms with Gasteiger partial charge in [-0.05, 0) is 31.6 Å². The van der Waals surface area contributed by atoms with Crippen LogP contribution in [0.2, 0.25) is 0 Å². The highest BCUT2D eigenvalue weighted by atomic mass is 16.5. The van der Waals surface area contributed by atoms with Crippen molar-refractivity contribution in [2.45, 2.75) is 32.2 Å². The molecule has 0 spiro atoms. The first-order chi connectivity index (χ1) is 8.06. The van der Waals surface area contributed by atoms with Gasteiger partial charge < -0.3 is 15.0 Å². The molecule has 1 saturated carbocycles. The lowest BCUT2D eigenvalue weighted by atomic mass is 10.0. The SMILES string of the molecule is COCCC1(CN2CC(=O)NC(C)C2=O)CC1. The van der Waals surface area contributed by atoms with Gasteiger partial charge in [0.05, 0.1) is 6.54 Å². The van der Waals surface area contributed by atoms with E-state index in [0.29, 0.717) is 6.54 Å². The van der Waals surface area contributed by atoms with E-state index in [9.17, 15) is 9.59 Å². The molecule has 2 amide bonds. The number of nitrogens with one attached hydrogen (secondary N) is 1. The number of carbonyl (C=O) groups excluding carboxylic acids is 2. The molecular formula is C12H20N2O3. The van der Waals surface area contributed by atoms with Crippen molar-refractivity contribution in [2.75, 3.05) is 26.8 Å². The van der Waals surface area contributed by atoms with Crippen LogP contribution in [0, 0.1) is 5.41 Å². The van der Waals surface area contributed by atoms with Crippen molar-refractivity contribution in [2.24, 2.45) is 5.41 Å². The predicted octanol–water partition coefficient (Wildman–Crippen LogP) is 0.150. The molecule has 5 heteroatoms. The molecule has 2 aliphatic rings. The third kappa shape index (κ3) is 2.77. The molecule has 0 bridgehead atoms. The van der Waals surface area contributed by atoms with Crippen LogP contribution >= 0.6 is 0 Å². The van der Waals surface area contributed by atoms with Crippen LogP contribution in [0.3, 0.4) is 0 Å². The van der Waals surface area contributed by atoms with Crippen molar-refractivity contribution in [3.63, 3.8) is 0 Å². The number of rotatable bonds is 5. The van der Waals surface area contributed by atoms with E-state index in [1.54, 1.807) is 18.9 Å². The third-order valence-electron chi connectivity index (χ3n) is 3.71. The summed E-state index contributed by atoms with van der Waals surface area (Å²) < 4.78 is 5.09. The fourth-order valence-electron chi connectivity index (χ4n) is 2.40. The third-order valence-corrected chi connectivity index (χ3v) is 3.71. The number of hydrogen-bond donors (Lipinski definition) is 1. The monoisotopic (exact) mass is 240 g/mol. The van der Waals surface area contributed by atoms with Crippen molar-refractivity contribution >= 4 is 11.8 Å². The van der Waals surface area contributed by atoms with Gasteiger partial charge in [0.15, 0.2) is 0 Å². The standard InChI is InChI=1S/C12H20N2O3/c1-9-11(16)14(7-10(15)13-9)8-12(3-4-12)5-6-17-2/h9H,3-8H2,1-2H3,(H,13,15). The van der Waals surface area contributed by atoms with Crippen LogP contribution in [0.5, 0.6) is 0 Å². The molecule has 1 aliphatic carbocycles. The Kier molecular flexibility index (Phi) is 3.38. The second-order valence-electron chi connectivity index (χ2n) is 5.23. The maximum absolute atomic E-state index is 11.9. The van der Waals surface area contributed by atoms with E-state index in [1.807, 2.05) is 0 Å². The minimum Gasteiger partial charge on any atom is -0.385 e. The molecule has 2 fully saturated rings. The number of piperazine rings is 1. The van der Waals surface area contributed by atoms with Gasteiger partial charge >= 0.3 is 0 Å². The summed E-state index contributed by atoms with van der Waals surface area (Å²) in [5.41, 5.74) is 0.211. The van der Waals surface area contributed by atoms with Gasteiger partial charge in [0.1, 0.15) is 6.04 Å². The average molecular weight is 240 g/mol. The van der Waals surface area contributed by atoms with Gasteiger partial charge in [-0.25, -0.2) is 0 Å². The Morgan fingerprint density at radius 1 is 1.47 bits per heavy atom. The summed E-state index contributed by atoms with van der Waals surface area (Å²) in [5.74, 6) is -0.0204. The quantitative estimate of drug-likeness (QED) is 0.744. The summed E-state index contributed by atoms with van der Waals surface area (Å²) >= 11 is 0. The van der Waals surface area contributed by atoms with Gasteiger partial charge in [0, 0.05) is 20.3 Å². The smallest absolute Gasteiger partial charge is 0.245 e. The topological polar surface area (TPSA) is 58.6 Å². The predicted molar refractivity (Wildman–Crippen MR) is 62.3 cm³/mol. The van der Waals surface area contributed by atoms with E-state index in [2.05, 4.69) is 5.32 Å². The molecule has 0 aromatic carbocycles. The average Bonchev–Trinajstić information content (AvgIpc) is 3.03. The Labute approximate surface area is 101 Å². The summed E-state index contributed by atoms with van der Waals surface area (Å²) in [6.45, 7) is 3.37. The lowest BCUT2D eigenvalue weighted by Crippen LogP contribution is -2.57. The Morgan fingerprint density at radius 3 is 2.76 bits per heavy atom. The highest BCUT2D eigenvalue weighted by Gasteiger charge is 2.45. The summed E-state index contributed by atoms with van der Waals surface area (Å²) in [4.78, 5) is 25.1. The Balaban J connectivity index is 1.93. The highest BCUT2D eigenvalue weighted by Crippen LogP contribution is 2.49. The first kappa shape index (κ1) is 12.4. The summed E-state index contributed by atoms with van der Waals surface area (Å²) in [7, 11) is 1.69. The van der Waals surface area contributed by atoms with E-state index < -0.39 is 0 Å². The minimum absolute atomic E-state index is 0.0355. The summed E-state index contributed by atoms with van der Waals surface area (Å²) in [6, 6.07) is -0.380. The van der Waals surface area contributed by atoms with Gasteiger partial charge in [-0.2, -0.15) is 0 Å². The van der Waals surface area contributed by atoms with E-state index in [0.717, 1.165) is 25.9 Å². The first-order valence-corrected chi connectivity index (χ1v) is 6.13. The molecule has 1 heterocycles. The molecule has 5 nitrogen and oxygen atoms in total. The zero-order valence-corrected chi connectivity index (χ0v) is 10.5. The maximum Gasteiger partial charge on any atom is 0.245 e. The Hall–Kier alpha value is -1.10. The molecule has 0 aromatic rings. The van der Waals surface area contributed by atoms with Crippen molar-refractivity contribution < 1.29 is 14.3 Å². The highest BCUT2D eigenvalue weighted by molar-refractivity contribution is 5.94. The number of carbonyl (C=O) groups is 2. The summed E-state index contributed by atoms with van der Waals surface area (Å²) in [6.07, 6.45) is 3.25. The normalized spacial score (nSPS) is 26.9. The number of ether oxygens (including phenoxy) is 1.